The van der Waals surface area contributed by atoms with E-state index in [0.717, 1.165) is 42.4 Å². The van der Waals surface area contributed by atoms with E-state index in [0.29, 0.717) is 6.54 Å². The fourth-order valence-corrected chi connectivity index (χ4v) is 2.67. The molecule has 0 bridgehead atoms. The number of nitrogens with zero attached hydrogens (tertiary/aromatic N) is 2. The number of likely N-dealkylation sites (tertiary alicyclic amines) is 1. The van der Waals surface area contributed by atoms with E-state index in [2.05, 4.69) is 9.88 Å². The van der Waals surface area contributed by atoms with Crippen LogP contribution in [-0.4, -0.2) is 34.2 Å². The highest BCUT2D eigenvalue weighted by molar-refractivity contribution is 5.81. The van der Waals surface area contributed by atoms with Crippen LogP contribution >= 0.6 is 0 Å². The van der Waals surface area contributed by atoms with Crippen LogP contribution in [0.15, 0.2) is 30.5 Å². The molecule has 19 heavy (non-hydrogen) atoms. The van der Waals surface area contributed by atoms with E-state index in [-0.39, 0.29) is 11.9 Å². The average Bonchev–Trinajstić information content (AvgIpc) is 2.41. The maximum absolute atomic E-state index is 13.6. The summed E-state index contributed by atoms with van der Waals surface area (Å²) >= 11 is 0. The molecule has 2 heterocycles. The first-order chi connectivity index (χ1) is 9.22. The van der Waals surface area contributed by atoms with E-state index in [1.807, 2.05) is 12.1 Å². The molecule has 3 rings (SSSR count). The Morgan fingerprint density at radius 1 is 1.32 bits per heavy atom. The van der Waals surface area contributed by atoms with E-state index in [4.69, 9.17) is 0 Å². The molecule has 4 heteroatoms. The predicted molar refractivity (Wildman–Crippen MR) is 72.2 cm³/mol. The summed E-state index contributed by atoms with van der Waals surface area (Å²) in [5, 5.41) is 10.4. The molecular formula is C15H17FN2O. The Labute approximate surface area is 111 Å². The number of pyridine rings is 1. The highest BCUT2D eigenvalue weighted by atomic mass is 19.1. The lowest BCUT2D eigenvalue weighted by atomic mass is 10.1. The first-order valence-corrected chi connectivity index (χ1v) is 6.66. The summed E-state index contributed by atoms with van der Waals surface area (Å²) in [6, 6.07) is 6.80. The van der Waals surface area contributed by atoms with E-state index in [1.165, 1.54) is 6.07 Å². The number of aliphatic hydroxyl groups is 1. The highest BCUT2D eigenvalue weighted by Gasteiger charge is 2.18. The number of aromatic nitrogens is 1. The molecule has 2 aromatic rings. The Kier molecular flexibility index (Phi) is 3.44. The fraction of sp³-hybridized carbons (Fsp3) is 0.400. The highest BCUT2D eigenvalue weighted by Crippen LogP contribution is 2.21. The molecule has 0 unspecified atom stereocenters. The van der Waals surface area contributed by atoms with Crippen molar-refractivity contribution in [1.82, 2.24) is 9.88 Å². The lowest BCUT2D eigenvalue weighted by Gasteiger charge is -2.29. The topological polar surface area (TPSA) is 36.4 Å². The van der Waals surface area contributed by atoms with Gasteiger partial charge in [-0.3, -0.25) is 9.88 Å². The number of piperidine rings is 1. The summed E-state index contributed by atoms with van der Waals surface area (Å²) in [4.78, 5) is 6.61. The molecule has 100 valence electrons. The van der Waals surface area contributed by atoms with Gasteiger partial charge in [-0.1, -0.05) is 6.07 Å². The van der Waals surface area contributed by atoms with Gasteiger partial charge in [0.25, 0.3) is 0 Å². The molecule has 0 atom stereocenters. The average molecular weight is 260 g/mol. The number of benzene rings is 1. The van der Waals surface area contributed by atoms with Gasteiger partial charge in [0.15, 0.2) is 0 Å². The van der Waals surface area contributed by atoms with Crippen molar-refractivity contribution in [3.63, 3.8) is 0 Å². The summed E-state index contributed by atoms with van der Waals surface area (Å²) in [5.74, 6) is -0.215. The molecule has 1 fully saturated rings. The van der Waals surface area contributed by atoms with Crippen molar-refractivity contribution in [2.24, 2.45) is 0 Å². The molecule has 0 aliphatic carbocycles. The molecule has 1 N–H and O–H groups in total. The van der Waals surface area contributed by atoms with Crippen LogP contribution in [0.1, 0.15) is 18.4 Å². The van der Waals surface area contributed by atoms with Gasteiger partial charge in [0.1, 0.15) is 5.82 Å². The van der Waals surface area contributed by atoms with Crippen LogP contribution in [0.4, 0.5) is 4.39 Å². The zero-order valence-corrected chi connectivity index (χ0v) is 10.7. The molecule has 1 aromatic carbocycles. The lowest BCUT2D eigenvalue weighted by molar-refractivity contribution is 0.0794. The van der Waals surface area contributed by atoms with Crippen LogP contribution in [0.5, 0.6) is 0 Å². The van der Waals surface area contributed by atoms with E-state index >= 15 is 0 Å². The normalized spacial score (nSPS) is 18.0. The Bertz CT molecular complexity index is 579. The van der Waals surface area contributed by atoms with Gasteiger partial charge in [0, 0.05) is 31.2 Å². The van der Waals surface area contributed by atoms with Crippen LogP contribution < -0.4 is 0 Å². The third-order valence-electron chi connectivity index (χ3n) is 3.70. The summed E-state index contributed by atoms with van der Waals surface area (Å²) in [5.41, 5.74) is 1.79. The van der Waals surface area contributed by atoms with Crippen molar-refractivity contribution in [3.05, 3.63) is 41.8 Å². The van der Waals surface area contributed by atoms with Gasteiger partial charge in [-0.05, 0) is 36.6 Å². The zero-order valence-electron chi connectivity index (χ0n) is 10.7. The van der Waals surface area contributed by atoms with Crippen LogP contribution in [0.2, 0.25) is 0 Å². The molecule has 0 amide bonds. The molecule has 3 nitrogen and oxygen atoms in total. The van der Waals surface area contributed by atoms with Crippen molar-refractivity contribution in [3.8, 4) is 0 Å². The molecule has 1 aliphatic heterocycles. The first-order valence-electron chi connectivity index (χ1n) is 6.66. The number of aliphatic hydroxyl groups excluding tert-OH is 1. The molecule has 1 saturated heterocycles. The summed E-state index contributed by atoms with van der Waals surface area (Å²) < 4.78 is 13.6. The standard InChI is InChI=1S/C15H17FN2O/c16-13-8-11-2-1-5-17-15(11)12(9-13)10-18-6-3-14(19)4-7-18/h1-2,5,8-9,14,19H,3-4,6-7,10H2. The molecule has 0 radical (unpaired) electrons. The van der Waals surface area contributed by atoms with Gasteiger partial charge in [0.2, 0.25) is 0 Å². The Balaban J connectivity index is 1.88. The second kappa shape index (κ2) is 5.23. The first kappa shape index (κ1) is 12.5. The Hall–Kier alpha value is -1.52. The predicted octanol–water partition coefficient (Wildman–Crippen LogP) is 2.33. The van der Waals surface area contributed by atoms with Gasteiger partial charge in [-0.15, -0.1) is 0 Å². The van der Waals surface area contributed by atoms with E-state index < -0.39 is 0 Å². The van der Waals surface area contributed by atoms with E-state index in [9.17, 15) is 9.50 Å². The molecular weight excluding hydrogens is 243 g/mol. The summed E-state index contributed by atoms with van der Waals surface area (Å²) in [6.45, 7) is 2.40. The quantitative estimate of drug-likeness (QED) is 0.900. The second-order valence-electron chi connectivity index (χ2n) is 5.15. The van der Waals surface area contributed by atoms with E-state index in [1.54, 1.807) is 12.3 Å². The molecule has 0 saturated carbocycles. The van der Waals surface area contributed by atoms with Gasteiger partial charge in [-0.2, -0.15) is 0 Å². The molecule has 0 spiro atoms. The maximum atomic E-state index is 13.6. The number of rotatable bonds is 2. The number of hydrogen-bond acceptors (Lipinski definition) is 3. The summed E-state index contributed by atoms with van der Waals surface area (Å²) in [7, 11) is 0. The van der Waals surface area contributed by atoms with Crippen molar-refractivity contribution < 1.29 is 9.50 Å². The lowest BCUT2D eigenvalue weighted by Crippen LogP contribution is -2.35. The van der Waals surface area contributed by atoms with Crippen molar-refractivity contribution >= 4 is 10.9 Å². The number of fused-ring (bicyclic) bond motifs is 1. The monoisotopic (exact) mass is 260 g/mol. The fourth-order valence-electron chi connectivity index (χ4n) is 2.67. The minimum absolute atomic E-state index is 0.182. The largest absolute Gasteiger partial charge is 0.393 e. The molecule has 1 aliphatic rings. The third kappa shape index (κ3) is 2.74. The van der Waals surface area contributed by atoms with Gasteiger partial charge in [-0.25, -0.2) is 4.39 Å². The van der Waals surface area contributed by atoms with Crippen LogP contribution in [-0.2, 0) is 6.54 Å². The van der Waals surface area contributed by atoms with Gasteiger partial charge in [0.05, 0.1) is 11.6 Å². The second-order valence-corrected chi connectivity index (χ2v) is 5.15. The van der Waals surface area contributed by atoms with Crippen molar-refractivity contribution in [1.29, 1.82) is 0 Å². The Morgan fingerprint density at radius 2 is 2.11 bits per heavy atom. The smallest absolute Gasteiger partial charge is 0.124 e. The third-order valence-corrected chi connectivity index (χ3v) is 3.70. The minimum atomic E-state index is -0.215. The van der Waals surface area contributed by atoms with Crippen LogP contribution in [0, 0.1) is 5.82 Å². The number of hydrogen-bond donors (Lipinski definition) is 1. The van der Waals surface area contributed by atoms with Crippen LogP contribution in [0.3, 0.4) is 0 Å². The SMILES string of the molecule is OC1CCN(Cc2cc(F)cc3cccnc23)CC1. The molecule has 1 aromatic heterocycles. The minimum Gasteiger partial charge on any atom is -0.393 e. The van der Waals surface area contributed by atoms with Gasteiger partial charge < -0.3 is 5.11 Å². The Morgan fingerprint density at radius 3 is 2.89 bits per heavy atom. The van der Waals surface area contributed by atoms with Crippen LogP contribution in [0.25, 0.3) is 10.9 Å². The number of halogens is 1. The van der Waals surface area contributed by atoms with Gasteiger partial charge >= 0.3 is 0 Å². The zero-order chi connectivity index (χ0) is 13.2. The van der Waals surface area contributed by atoms with Crippen molar-refractivity contribution in [2.45, 2.75) is 25.5 Å². The van der Waals surface area contributed by atoms with Crippen molar-refractivity contribution in [2.75, 3.05) is 13.1 Å². The summed E-state index contributed by atoms with van der Waals surface area (Å²) in [6.07, 6.45) is 3.14. The maximum Gasteiger partial charge on any atom is 0.124 e.